The Kier molecular flexibility index (Phi) is 3.23. The second-order valence-electron chi connectivity index (χ2n) is 5.47. The van der Waals surface area contributed by atoms with Crippen LogP contribution in [0.15, 0.2) is 24.8 Å². The first-order valence-electron chi connectivity index (χ1n) is 7.36. The van der Waals surface area contributed by atoms with Gasteiger partial charge in [-0.15, -0.1) is 0 Å². The number of aromatic nitrogens is 6. The second-order valence-corrected chi connectivity index (χ2v) is 5.47. The molecule has 1 saturated heterocycles. The molecule has 114 valence electrons. The molecule has 0 spiro atoms. The zero-order valence-corrected chi connectivity index (χ0v) is 12.3. The van der Waals surface area contributed by atoms with Crippen LogP contribution in [0.1, 0.15) is 18.5 Å². The standard InChI is InChI=1S/C14H17N7O/c1-10-5-13(21-14(18-10)15-9-17-21)19-11-6-16-20(7-11)8-12-3-2-4-22-12/h5-7,9,12,19H,2-4,8H2,1H3. The van der Waals surface area contributed by atoms with Crippen molar-refractivity contribution in [2.24, 2.45) is 0 Å². The molecule has 22 heavy (non-hydrogen) atoms. The van der Waals surface area contributed by atoms with Crippen LogP contribution in [0.2, 0.25) is 0 Å². The van der Waals surface area contributed by atoms with Crippen molar-refractivity contribution in [2.45, 2.75) is 32.4 Å². The molecule has 1 fully saturated rings. The monoisotopic (exact) mass is 299 g/mol. The smallest absolute Gasteiger partial charge is 0.254 e. The molecule has 0 saturated carbocycles. The molecule has 0 amide bonds. The zero-order chi connectivity index (χ0) is 14.9. The van der Waals surface area contributed by atoms with Crippen molar-refractivity contribution in [1.82, 2.24) is 29.4 Å². The molecule has 0 aromatic carbocycles. The van der Waals surface area contributed by atoms with Crippen LogP contribution in [0.4, 0.5) is 11.5 Å². The molecule has 0 bridgehead atoms. The van der Waals surface area contributed by atoms with E-state index in [2.05, 4.69) is 25.5 Å². The lowest BCUT2D eigenvalue weighted by molar-refractivity contribution is 0.0940. The van der Waals surface area contributed by atoms with Crippen LogP contribution >= 0.6 is 0 Å². The van der Waals surface area contributed by atoms with E-state index in [0.29, 0.717) is 5.78 Å². The minimum Gasteiger partial charge on any atom is -0.376 e. The van der Waals surface area contributed by atoms with Crippen LogP contribution in [-0.4, -0.2) is 42.1 Å². The van der Waals surface area contributed by atoms with E-state index in [9.17, 15) is 0 Å². The van der Waals surface area contributed by atoms with Crippen LogP contribution < -0.4 is 5.32 Å². The maximum atomic E-state index is 5.64. The summed E-state index contributed by atoms with van der Waals surface area (Å²) in [6, 6.07) is 1.93. The van der Waals surface area contributed by atoms with Gasteiger partial charge >= 0.3 is 0 Å². The number of ether oxygens (including phenoxy) is 1. The summed E-state index contributed by atoms with van der Waals surface area (Å²) >= 11 is 0. The second kappa shape index (κ2) is 5.38. The Morgan fingerprint density at radius 3 is 3.23 bits per heavy atom. The number of aryl methyl sites for hydroxylation is 1. The average Bonchev–Trinajstić information content (AvgIpc) is 3.20. The van der Waals surface area contributed by atoms with E-state index in [-0.39, 0.29) is 6.10 Å². The first-order valence-corrected chi connectivity index (χ1v) is 7.36. The highest BCUT2D eigenvalue weighted by Gasteiger charge is 2.16. The van der Waals surface area contributed by atoms with Crippen molar-refractivity contribution in [3.63, 3.8) is 0 Å². The predicted molar refractivity (Wildman–Crippen MR) is 80.0 cm³/mol. The van der Waals surface area contributed by atoms with Gasteiger partial charge in [0.25, 0.3) is 5.78 Å². The van der Waals surface area contributed by atoms with Crippen molar-refractivity contribution in [1.29, 1.82) is 0 Å². The molecule has 1 aliphatic heterocycles. The van der Waals surface area contributed by atoms with Gasteiger partial charge in [0, 0.05) is 24.6 Å². The van der Waals surface area contributed by atoms with Crippen LogP contribution in [0.25, 0.3) is 5.78 Å². The summed E-state index contributed by atoms with van der Waals surface area (Å²) in [7, 11) is 0. The highest BCUT2D eigenvalue weighted by Crippen LogP contribution is 2.18. The Bertz CT molecular complexity index is 787. The minimum atomic E-state index is 0.276. The summed E-state index contributed by atoms with van der Waals surface area (Å²) in [5.74, 6) is 1.39. The Morgan fingerprint density at radius 1 is 1.41 bits per heavy atom. The molecule has 3 aromatic rings. The van der Waals surface area contributed by atoms with Crippen LogP contribution in [0.3, 0.4) is 0 Å². The third-order valence-electron chi connectivity index (χ3n) is 3.70. The van der Waals surface area contributed by atoms with E-state index in [1.165, 1.54) is 6.33 Å². The van der Waals surface area contributed by atoms with Gasteiger partial charge < -0.3 is 10.1 Å². The van der Waals surface area contributed by atoms with Gasteiger partial charge in [-0.25, -0.2) is 4.98 Å². The lowest BCUT2D eigenvalue weighted by atomic mass is 10.2. The van der Waals surface area contributed by atoms with Gasteiger partial charge in [-0.1, -0.05) is 0 Å². The Morgan fingerprint density at radius 2 is 2.36 bits per heavy atom. The van der Waals surface area contributed by atoms with E-state index in [1.807, 2.05) is 23.9 Å². The van der Waals surface area contributed by atoms with Gasteiger partial charge in [-0.05, 0) is 19.8 Å². The van der Waals surface area contributed by atoms with E-state index >= 15 is 0 Å². The summed E-state index contributed by atoms with van der Waals surface area (Å²) < 4.78 is 9.21. The highest BCUT2D eigenvalue weighted by atomic mass is 16.5. The number of anilines is 2. The molecule has 1 N–H and O–H groups in total. The van der Waals surface area contributed by atoms with Crippen molar-refractivity contribution in [3.8, 4) is 0 Å². The van der Waals surface area contributed by atoms with Crippen molar-refractivity contribution >= 4 is 17.3 Å². The fourth-order valence-electron chi connectivity index (χ4n) is 2.69. The lowest BCUT2D eigenvalue weighted by Crippen LogP contribution is -2.15. The summed E-state index contributed by atoms with van der Waals surface area (Å²) in [5, 5.41) is 11.9. The molecule has 8 nitrogen and oxygen atoms in total. The topological polar surface area (TPSA) is 82.2 Å². The van der Waals surface area contributed by atoms with Gasteiger partial charge in [0.1, 0.15) is 12.1 Å². The fraction of sp³-hybridized carbons (Fsp3) is 0.429. The normalized spacial score (nSPS) is 18.1. The van der Waals surface area contributed by atoms with Gasteiger partial charge in [0.15, 0.2) is 0 Å². The molecule has 1 aliphatic rings. The van der Waals surface area contributed by atoms with E-state index in [4.69, 9.17) is 4.74 Å². The van der Waals surface area contributed by atoms with Crippen molar-refractivity contribution in [2.75, 3.05) is 11.9 Å². The molecular formula is C14H17N7O. The SMILES string of the molecule is Cc1cc(Nc2cnn(CC3CCCO3)c2)n2ncnc2n1. The number of nitrogens with zero attached hydrogens (tertiary/aromatic N) is 6. The molecule has 4 heterocycles. The molecule has 0 radical (unpaired) electrons. The first kappa shape index (κ1) is 13.2. The third-order valence-corrected chi connectivity index (χ3v) is 3.70. The van der Waals surface area contributed by atoms with E-state index in [0.717, 1.165) is 43.2 Å². The molecule has 8 heteroatoms. The van der Waals surface area contributed by atoms with Gasteiger partial charge in [-0.3, -0.25) is 4.68 Å². The average molecular weight is 299 g/mol. The predicted octanol–water partition coefficient (Wildman–Crippen LogP) is 1.55. The number of hydrogen-bond donors (Lipinski definition) is 1. The molecule has 4 rings (SSSR count). The van der Waals surface area contributed by atoms with Gasteiger partial charge in [0.05, 0.1) is 24.5 Å². The maximum absolute atomic E-state index is 5.64. The van der Waals surface area contributed by atoms with Crippen molar-refractivity contribution < 1.29 is 4.74 Å². The van der Waals surface area contributed by atoms with E-state index in [1.54, 1.807) is 10.7 Å². The Balaban J connectivity index is 1.55. The number of rotatable bonds is 4. The zero-order valence-electron chi connectivity index (χ0n) is 12.3. The molecular weight excluding hydrogens is 282 g/mol. The largest absolute Gasteiger partial charge is 0.376 e. The maximum Gasteiger partial charge on any atom is 0.254 e. The molecule has 1 unspecified atom stereocenters. The molecule has 1 atom stereocenters. The quantitative estimate of drug-likeness (QED) is 0.787. The van der Waals surface area contributed by atoms with Crippen molar-refractivity contribution in [3.05, 3.63) is 30.5 Å². The summed E-state index contributed by atoms with van der Waals surface area (Å²) in [4.78, 5) is 8.44. The number of nitrogens with one attached hydrogen (secondary N) is 1. The minimum absolute atomic E-state index is 0.276. The number of fused-ring (bicyclic) bond motifs is 1. The summed E-state index contributed by atoms with van der Waals surface area (Å²) in [5.41, 5.74) is 1.79. The van der Waals surface area contributed by atoms with Crippen LogP contribution in [-0.2, 0) is 11.3 Å². The van der Waals surface area contributed by atoms with Crippen LogP contribution in [0.5, 0.6) is 0 Å². The summed E-state index contributed by atoms with van der Waals surface area (Å²) in [6.07, 6.45) is 7.78. The molecule has 0 aliphatic carbocycles. The van der Waals surface area contributed by atoms with Crippen LogP contribution in [0, 0.1) is 6.92 Å². The fourth-order valence-corrected chi connectivity index (χ4v) is 2.69. The lowest BCUT2D eigenvalue weighted by Gasteiger charge is -2.09. The summed E-state index contributed by atoms with van der Waals surface area (Å²) in [6.45, 7) is 3.58. The molecule has 3 aromatic heterocycles. The van der Waals surface area contributed by atoms with E-state index < -0.39 is 0 Å². The number of hydrogen-bond acceptors (Lipinski definition) is 6. The van der Waals surface area contributed by atoms with Gasteiger partial charge in [-0.2, -0.15) is 19.7 Å². The van der Waals surface area contributed by atoms with Gasteiger partial charge in [0.2, 0.25) is 0 Å². The Labute approximate surface area is 127 Å². The third kappa shape index (κ3) is 2.52. The Hall–Kier alpha value is -2.48. The first-order chi connectivity index (χ1) is 10.8. The highest BCUT2D eigenvalue weighted by molar-refractivity contribution is 5.57.